The van der Waals surface area contributed by atoms with E-state index >= 15 is 0 Å². The SMILES string of the molecule is CCOC(=O)C1=C(C)N=c2s/c(=C/c3cc(C)n(-c4ccc(C)c(C)c4)c3C)c(=O)n2[C@@H]1c1ccc(OC)cc1OC. The van der Waals surface area contributed by atoms with Gasteiger partial charge in [0.1, 0.15) is 17.5 Å². The van der Waals surface area contributed by atoms with Crippen molar-refractivity contribution in [3.8, 4) is 17.2 Å². The van der Waals surface area contributed by atoms with Crippen LogP contribution in [0.25, 0.3) is 11.8 Å². The van der Waals surface area contributed by atoms with E-state index in [2.05, 4.69) is 56.5 Å². The van der Waals surface area contributed by atoms with Gasteiger partial charge in [0.25, 0.3) is 5.56 Å². The van der Waals surface area contributed by atoms with Crippen molar-refractivity contribution in [2.45, 2.75) is 47.6 Å². The summed E-state index contributed by atoms with van der Waals surface area (Å²) >= 11 is 1.30. The van der Waals surface area contributed by atoms with Gasteiger partial charge in [-0.3, -0.25) is 9.36 Å². The second kappa shape index (κ2) is 11.5. The van der Waals surface area contributed by atoms with Crippen LogP contribution in [0.3, 0.4) is 0 Å². The molecule has 0 saturated heterocycles. The van der Waals surface area contributed by atoms with Crippen molar-refractivity contribution in [3.63, 3.8) is 0 Å². The summed E-state index contributed by atoms with van der Waals surface area (Å²) in [4.78, 5) is 32.6. The number of benzene rings is 2. The third kappa shape index (κ3) is 4.98. The van der Waals surface area contributed by atoms with Crippen molar-refractivity contribution in [1.29, 1.82) is 0 Å². The maximum atomic E-state index is 14.1. The first kappa shape index (κ1) is 29.1. The minimum Gasteiger partial charge on any atom is -0.497 e. The Hall–Kier alpha value is -4.37. The van der Waals surface area contributed by atoms with Crippen molar-refractivity contribution in [2.24, 2.45) is 4.99 Å². The molecule has 1 atom stereocenters. The summed E-state index contributed by atoms with van der Waals surface area (Å²) in [6, 6.07) is 13.1. The Morgan fingerprint density at radius 1 is 1.00 bits per heavy atom. The lowest BCUT2D eigenvalue weighted by atomic mass is 9.95. The predicted octanol–water partition coefficient (Wildman–Crippen LogP) is 4.84. The minimum atomic E-state index is -0.786. The molecule has 0 N–H and O–H groups in total. The van der Waals surface area contributed by atoms with E-state index in [0.29, 0.717) is 37.7 Å². The van der Waals surface area contributed by atoms with Crippen LogP contribution in [0.1, 0.15) is 53.5 Å². The molecule has 42 heavy (non-hydrogen) atoms. The Labute approximate surface area is 248 Å². The number of ether oxygens (including phenoxy) is 3. The number of hydrogen-bond acceptors (Lipinski definition) is 7. The zero-order valence-electron chi connectivity index (χ0n) is 25.2. The van der Waals surface area contributed by atoms with Gasteiger partial charge >= 0.3 is 5.97 Å². The molecule has 5 rings (SSSR count). The molecule has 1 aliphatic heterocycles. The average Bonchev–Trinajstić information content (AvgIpc) is 3.42. The topological polar surface area (TPSA) is 84.1 Å². The van der Waals surface area contributed by atoms with Crippen LogP contribution >= 0.6 is 11.3 Å². The Morgan fingerprint density at radius 3 is 2.43 bits per heavy atom. The molecule has 0 saturated carbocycles. The first-order valence-electron chi connectivity index (χ1n) is 13.8. The molecule has 218 valence electrons. The van der Waals surface area contributed by atoms with E-state index in [9.17, 15) is 9.59 Å². The summed E-state index contributed by atoms with van der Waals surface area (Å²) in [6.07, 6.45) is 1.91. The Kier molecular flexibility index (Phi) is 7.97. The number of methoxy groups -OCH3 is 2. The summed E-state index contributed by atoms with van der Waals surface area (Å²) in [5, 5.41) is 0. The van der Waals surface area contributed by atoms with E-state index in [1.807, 2.05) is 12.1 Å². The fraction of sp³-hybridized carbons (Fsp3) is 0.303. The fourth-order valence-electron chi connectivity index (χ4n) is 5.47. The van der Waals surface area contributed by atoms with E-state index in [1.54, 1.807) is 44.8 Å². The van der Waals surface area contributed by atoms with Gasteiger partial charge in [0.05, 0.1) is 36.6 Å². The number of allylic oxidation sites excluding steroid dienone is 1. The summed E-state index contributed by atoms with van der Waals surface area (Å²) < 4.78 is 20.8. The van der Waals surface area contributed by atoms with Crippen LogP contribution in [-0.2, 0) is 9.53 Å². The highest BCUT2D eigenvalue weighted by Crippen LogP contribution is 2.37. The molecule has 3 heterocycles. The Morgan fingerprint density at radius 2 is 1.76 bits per heavy atom. The van der Waals surface area contributed by atoms with Crippen LogP contribution < -0.4 is 24.4 Å². The Balaban J connectivity index is 1.72. The zero-order valence-corrected chi connectivity index (χ0v) is 26.0. The number of aromatic nitrogens is 2. The van der Waals surface area contributed by atoms with E-state index in [-0.39, 0.29) is 12.2 Å². The van der Waals surface area contributed by atoms with Gasteiger partial charge in [-0.25, -0.2) is 9.79 Å². The lowest BCUT2D eigenvalue weighted by Gasteiger charge is -2.26. The summed E-state index contributed by atoms with van der Waals surface area (Å²) in [5.41, 5.74) is 7.76. The number of esters is 1. The zero-order chi connectivity index (χ0) is 30.3. The number of carbonyl (C=O) groups is 1. The fourth-order valence-corrected chi connectivity index (χ4v) is 6.50. The third-order valence-electron chi connectivity index (χ3n) is 7.76. The Bertz CT molecular complexity index is 1930. The molecule has 0 aliphatic carbocycles. The van der Waals surface area contributed by atoms with Crippen LogP contribution in [-0.4, -0.2) is 35.9 Å². The van der Waals surface area contributed by atoms with Crippen molar-refractivity contribution >= 4 is 23.4 Å². The standard InChI is InChI=1S/C33H35N3O5S/c1-9-41-32(38)29-21(5)34-33-36(30(29)26-13-12-25(39-7)17-27(26)40-8)31(37)28(42-33)16-23-15-20(4)35(22(23)6)24-11-10-18(2)19(3)14-24/h10-17,30H,9H2,1-8H3/b28-16+/t30-/m1/s1. The second-order valence-electron chi connectivity index (χ2n) is 10.3. The van der Waals surface area contributed by atoms with Crippen LogP contribution in [0.5, 0.6) is 11.5 Å². The molecule has 0 spiro atoms. The maximum Gasteiger partial charge on any atom is 0.338 e. The molecule has 1 aliphatic rings. The third-order valence-corrected chi connectivity index (χ3v) is 8.74. The molecule has 4 aromatic rings. The van der Waals surface area contributed by atoms with Crippen LogP contribution in [0, 0.1) is 27.7 Å². The summed E-state index contributed by atoms with van der Waals surface area (Å²) in [5.74, 6) is 0.565. The predicted molar refractivity (Wildman–Crippen MR) is 165 cm³/mol. The van der Waals surface area contributed by atoms with Gasteiger partial charge in [0, 0.05) is 28.7 Å². The molecular formula is C33H35N3O5S. The molecule has 0 unspecified atom stereocenters. The largest absolute Gasteiger partial charge is 0.497 e. The molecule has 2 aromatic carbocycles. The monoisotopic (exact) mass is 585 g/mol. The first-order chi connectivity index (χ1) is 20.1. The van der Waals surface area contributed by atoms with Crippen LogP contribution in [0.4, 0.5) is 0 Å². The summed E-state index contributed by atoms with van der Waals surface area (Å²) in [6.45, 7) is 12.0. The molecule has 0 bridgehead atoms. The molecule has 2 aromatic heterocycles. The molecule has 0 amide bonds. The van der Waals surface area contributed by atoms with Gasteiger partial charge in [-0.2, -0.15) is 0 Å². The number of carbonyl (C=O) groups excluding carboxylic acids is 1. The van der Waals surface area contributed by atoms with Gasteiger partial charge in [-0.05, 0) is 94.6 Å². The number of hydrogen-bond donors (Lipinski definition) is 0. The lowest BCUT2D eigenvalue weighted by molar-refractivity contribution is -0.139. The van der Waals surface area contributed by atoms with Crippen molar-refractivity contribution in [2.75, 3.05) is 20.8 Å². The van der Waals surface area contributed by atoms with Crippen molar-refractivity contribution in [1.82, 2.24) is 9.13 Å². The molecule has 0 fully saturated rings. The molecule has 9 heteroatoms. The van der Waals surface area contributed by atoms with Gasteiger partial charge in [0.2, 0.25) is 0 Å². The van der Waals surface area contributed by atoms with Gasteiger partial charge < -0.3 is 18.8 Å². The van der Waals surface area contributed by atoms with Gasteiger partial charge in [0.15, 0.2) is 4.80 Å². The molecular weight excluding hydrogens is 550 g/mol. The normalized spacial score (nSPS) is 15.0. The van der Waals surface area contributed by atoms with E-state index in [1.165, 1.54) is 22.5 Å². The van der Waals surface area contributed by atoms with Crippen molar-refractivity contribution < 1.29 is 19.0 Å². The van der Waals surface area contributed by atoms with E-state index in [0.717, 1.165) is 22.6 Å². The summed E-state index contributed by atoms with van der Waals surface area (Å²) in [7, 11) is 3.12. The van der Waals surface area contributed by atoms with Gasteiger partial charge in [-0.1, -0.05) is 17.4 Å². The molecule has 0 radical (unpaired) electrons. The average molecular weight is 586 g/mol. The number of nitrogens with zero attached hydrogens (tertiary/aromatic N) is 3. The molecule has 8 nitrogen and oxygen atoms in total. The number of thiazole rings is 1. The second-order valence-corrected chi connectivity index (χ2v) is 11.3. The number of aryl methyl sites for hydroxylation is 3. The highest BCUT2D eigenvalue weighted by molar-refractivity contribution is 7.07. The van der Waals surface area contributed by atoms with E-state index in [4.69, 9.17) is 19.2 Å². The quantitative estimate of drug-likeness (QED) is 0.290. The highest BCUT2D eigenvalue weighted by Gasteiger charge is 2.35. The minimum absolute atomic E-state index is 0.197. The maximum absolute atomic E-state index is 14.1. The first-order valence-corrected chi connectivity index (χ1v) is 14.6. The van der Waals surface area contributed by atoms with Crippen molar-refractivity contribution in [3.05, 3.63) is 107 Å². The smallest absolute Gasteiger partial charge is 0.338 e. The van der Waals surface area contributed by atoms with Crippen LogP contribution in [0.2, 0.25) is 0 Å². The lowest BCUT2D eigenvalue weighted by Crippen LogP contribution is -2.40. The van der Waals surface area contributed by atoms with E-state index < -0.39 is 12.0 Å². The number of rotatable bonds is 7. The van der Waals surface area contributed by atoms with Gasteiger partial charge in [-0.15, -0.1) is 0 Å². The van der Waals surface area contributed by atoms with Crippen LogP contribution in [0.15, 0.2) is 63.5 Å². The number of fused-ring (bicyclic) bond motifs is 1. The highest BCUT2D eigenvalue weighted by atomic mass is 32.1.